The van der Waals surface area contributed by atoms with Crippen molar-refractivity contribution in [1.29, 1.82) is 0 Å². The molecule has 0 bridgehead atoms. The first-order valence-electron chi connectivity index (χ1n) is 27.0. The molecule has 0 saturated heterocycles. The van der Waals surface area contributed by atoms with Gasteiger partial charge in [0.05, 0.1) is 0 Å². The summed E-state index contributed by atoms with van der Waals surface area (Å²) in [5.41, 5.74) is 0. The zero-order valence-corrected chi connectivity index (χ0v) is 41.4. The molecule has 0 N–H and O–H groups in total. The summed E-state index contributed by atoms with van der Waals surface area (Å²) < 4.78 is 16.8. The molecular formula is C56H102O6. The van der Waals surface area contributed by atoms with Crippen LogP contribution in [0.2, 0.25) is 0 Å². The van der Waals surface area contributed by atoms with Crippen LogP contribution in [0.3, 0.4) is 0 Å². The molecule has 0 amide bonds. The van der Waals surface area contributed by atoms with Gasteiger partial charge in [0.25, 0.3) is 0 Å². The molecule has 0 aromatic carbocycles. The van der Waals surface area contributed by atoms with Crippen molar-refractivity contribution in [3.63, 3.8) is 0 Å². The number of carbonyl (C=O) groups excluding carboxylic acids is 3. The highest BCUT2D eigenvalue weighted by Gasteiger charge is 2.19. The van der Waals surface area contributed by atoms with Gasteiger partial charge in [-0.3, -0.25) is 14.4 Å². The summed E-state index contributed by atoms with van der Waals surface area (Å²) in [6.45, 7) is 6.62. The molecule has 0 radical (unpaired) electrons. The Balaban J connectivity index is 4.40. The Hall–Kier alpha value is -2.37. The number of ether oxygens (including phenoxy) is 3. The zero-order valence-electron chi connectivity index (χ0n) is 41.4. The van der Waals surface area contributed by atoms with Gasteiger partial charge in [0, 0.05) is 19.3 Å². The lowest BCUT2D eigenvalue weighted by Gasteiger charge is -2.18. The monoisotopic (exact) mass is 871 g/mol. The predicted molar refractivity (Wildman–Crippen MR) is 266 cm³/mol. The fraction of sp³-hybridized carbons (Fsp3) is 0.839. The maximum absolute atomic E-state index is 12.8. The quantitative estimate of drug-likeness (QED) is 0.0262. The highest BCUT2D eigenvalue weighted by Crippen LogP contribution is 2.14. The molecule has 0 aliphatic rings. The first-order valence-corrected chi connectivity index (χ1v) is 27.0. The Morgan fingerprint density at radius 1 is 0.306 bits per heavy atom. The van der Waals surface area contributed by atoms with E-state index in [0.717, 1.165) is 89.9 Å². The van der Waals surface area contributed by atoms with E-state index in [9.17, 15) is 14.4 Å². The van der Waals surface area contributed by atoms with Gasteiger partial charge in [0.1, 0.15) is 13.2 Å². The standard InChI is InChI=1S/C56H102O6/c1-4-7-10-13-16-19-22-25-28-31-34-37-40-43-46-49-55(58)61-52-53(51-60-54(57)48-45-42-39-36-33-30-27-24-21-18-15-12-9-6-3)62-56(59)50-47-44-41-38-35-32-29-26-23-20-17-14-11-8-5-2/h25,27-30,32,53H,4-24,26,31,33-52H2,1-3H3/b28-25-,30-27+,32-29+/t53-/m0/s1. The number of rotatable bonds is 49. The van der Waals surface area contributed by atoms with Crippen molar-refractivity contribution < 1.29 is 28.6 Å². The Morgan fingerprint density at radius 3 is 0.806 bits per heavy atom. The Kier molecular flexibility index (Phi) is 49.3. The van der Waals surface area contributed by atoms with E-state index in [0.29, 0.717) is 19.3 Å². The Morgan fingerprint density at radius 2 is 0.532 bits per heavy atom. The Labute approximate surface area is 385 Å². The molecule has 0 fully saturated rings. The number of allylic oxidation sites excluding steroid dienone is 6. The molecule has 62 heavy (non-hydrogen) atoms. The van der Waals surface area contributed by atoms with E-state index in [1.165, 1.54) is 154 Å². The predicted octanol–water partition coefficient (Wildman–Crippen LogP) is 17.7. The van der Waals surface area contributed by atoms with Crippen molar-refractivity contribution in [3.05, 3.63) is 36.5 Å². The second-order valence-electron chi connectivity index (χ2n) is 18.1. The lowest BCUT2D eigenvalue weighted by molar-refractivity contribution is -0.167. The summed E-state index contributed by atoms with van der Waals surface area (Å²) in [4.78, 5) is 38.0. The molecule has 0 aromatic heterocycles. The van der Waals surface area contributed by atoms with Gasteiger partial charge in [0.2, 0.25) is 0 Å². The molecule has 0 aliphatic heterocycles. The van der Waals surface area contributed by atoms with Crippen LogP contribution >= 0.6 is 0 Å². The Bertz CT molecular complexity index is 1050. The van der Waals surface area contributed by atoms with Crippen molar-refractivity contribution in [2.45, 2.75) is 290 Å². The van der Waals surface area contributed by atoms with Gasteiger partial charge in [-0.15, -0.1) is 0 Å². The molecule has 362 valence electrons. The van der Waals surface area contributed by atoms with E-state index in [4.69, 9.17) is 14.2 Å². The first kappa shape index (κ1) is 59.6. The largest absolute Gasteiger partial charge is 0.462 e. The van der Waals surface area contributed by atoms with Crippen molar-refractivity contribution in [3.8, 4) is 0 Å². The smallest absolute Gasteiger partial charge is 0.306 e. The van der Waals surface area contributed by atoms with E-state index in [2.05, 4.69) is 57.2 Å². The minimum atomic E-state index is -0.783. The summed E-state index contributed by atoms with van der Waals surface area (Å²) in [6.07, 6.45) is 59.8. The second-order valence-corrected chi connectivity index (χ2v) is 18.1. The van der Waals surface area contributed by atoms with E-state index in [1.54, 1.807) is 0 Å². The highest BCUT2D eigenvalue weighted by atomic mass is 16.6. The summed E-state index contributed by atoms with van der Waals surface area (Å²) in [5, 5.41) is 0. The third-order valence-electron chi connectivity index (χ3n) is 11.8. The molecular weight excluding hydrogens is 769 g/mol. The van der Waals surface area contributed by atoms with Crippen LogP contribution < -0.4 is 0 Å². The number of hydrogen-bond acceptors (Lipinski definition) is 6. The van der Waals surface area contributed by atoms with Gasteiger partial charge in [-0.25, -0.2) is 0 Å². The summed E-state index contributed by atoms with van der Waals surface area (Å²) in [7, 11) is 0. The van der Waals surface area contributed by atoms with Crippen LogP contribution in [0.25, 0.3) is 0 Å². The van der Waals surface area contributed by atoms with Gasteiger partial charge in [0.15, 0.2) is 6.10 Å². The van der Waals surface area contributed by atoms with Crippen molar-refractivity contribution in [2.24, 2.45) is 0 Å². The van der Waals surface area contributed by atoms with Crippen LogP contribution in [-0.2, 0) is 28.6 Å². The minimum absolute atomic E-state index is 0.0828. The molecule has 0 aromatic rings. The average Bonchev–Trinajstić information content (AvgIpc) is 3.27. The lowest BCUT2D eigenvalue weighted by Crippen LogP contribution is -2.30. The van der Waals surface area contributed by atoms with Crippen LogP contribution in [0.4, 0.5) is 0 Å². The maximum atomic E-state index is 12.8. The number of carbonyl (C=O) groups is 3. The third-order valence-corrected chi connectivity index (χ3v) is 11.8. The summed E-state index contributed by atoms with van der Waals surface area (Å²) in [6, 6.07) is 0. The van der Waals surface area contributed by atoms with Crippen LogP contribution in [0.15, 0.2) is 36.5 Å². The van der Waals surface area contributed by atoms with E-state index in [-0.39, 0.29) is 31.1 Å². The van der Waals surface area contributed by atoms with Crippen LogP contribution in [0, 0.1) is 0 Å². The van der Waals surface area contributed by atoms with Crippen LogP contribution in [0.5, 0.6) is 0 Å². The van der Waals surface area contributed by atoms with Gasteiger partial charge >= 0.3 is 17.9 Å². The molecule has 0 saturated carbocycles. The molecule has 6 heteroatoms. The highest BCUT2D eigenvalue weighted by molar-refractivity contribution is 5.71. The number of unbranched alkanes of at least 4 members (excludes halogenated alkanes) is 32. The van der Waals surface area contributed by atoms with E-state index >= 15 is 0 Å². The SMILES string of the molecule is CCCCCCCC/C=C\CCCCCCCC(=O)OC[C@H](COC(=O)CCCCCC/C=C/CCCCCCCC)OC(=O)CCCCCC/C=C/CCCCCCCCC. The van der Waals surface area contributed by atoms with E-state index in [1.807, 2.05) is 0 Å². The zero-order chi connectivity index (χ0) is 45.1. The fourth-order valence-corrected chi connectivity index (χ4v) is 7.72. The van der Waals surface area contributed by atoms with Crippen LogP contribution in [-0.4, -0.2) is 37.2 Å². The van der Waals surface area contributed by atoms with Gasteiger partial charge in [-0.1, -0.05) is 205 Å². The third kappa shape index (κ3) is 48.7. The topological polar surface area (TPSA) is 78.9 Å². The van der Waals surface area contributed by atoms with Crippen molar-refractivity contribution in [1.82, 2.24) is 0 Å². The van der Waals surface area contributed by atoms with Gasteiger partial charge in [-0.05, 0) is 96.3 Å². The van der Waals surface area contributed by atoms with Crippen molar-refractivity contribution >= 4 is 17.9 Å². The molecule has 0 heterocycles. The molecule has 0 rings (SSSR count). The number of esters is 3. The van der Waals surface area contributed by atoms with E-state index < -0.39 is 6.10 Å². The minimum Gasteiger partial charge on any atom is -0.462 e. The average molecular weight is 871 g/mol. The molecule has 1 atom stereocenters. The molecule has 6 nitrogen and oxygen atoms in total. The maximum Gasteiger partial charge on any atom is 0.306 e. The lowest BCUT2D eigenvalue weighted by atomic mass is 10.1. The fourth-order valence-electron chi connectivity index (χ4n) is 7.72. The molecule has 0 unspecified atom stereocenters. The van der Waals surface area contributed by atoms with Crippen molar-refractivity contribution in [2.75, 3.05) is 13.2 Å². The van der Waals surface area contributed by atoms with Gasteiger partial charge < -0.3 is 14.2 Å². The second kappa shape index (κ2) is 51.3. The summed E-state index contributed by atoms with van der Waals surface area (Å²) >= 11 is 0. The summed E-state index contributed by atoms with van der Waals surface area (Å²) in [5.74, 6) is -0.903. The first-order chi connectivity index (χ1) is 30.5. The molecule has 0 spiro atoms. The van der Waals surface area contributed by atoms with Gasteiger partial charge in [-0.2, -0.15) is 0 Å². The number of hydrogen-bond donors (Lipinski definition) is 0. The normalized spacial score (nSPS) is 12.2. The molecule has 0 aliphatic carbocycles. The van der Waals surface area contributed by atoms with Crippen LogP contribution in [0.1, 0.15) is 284 Å².